The highest BCUT2D eigenvalue weighted by atomic mass is 19.4. The molecule has 0 amide bonds. The largest absolute Gasteiger partial charge is 0.573 e. The van der Waals surface area contributed by atoms with Crippen LogP contribution in [-0.4, -0.2) is 30.4 Å². The zero-order valence-electron chi connectivity index (χ0n) is 12.1. The highest BCUT2D eigenvalue weighted by Gasteiger charge is 2.31. The number of hydrogen-bond acceptors (Lipinski definition) is 3. The maximum Gasteiger partial charge on any atom is 0.573 e. The van der Waals surface area contributed by atoms with Crippen molar-refractivity contribution in [2.75, 3.05) is 13.1 Å². The summed E-state index contributed by atoms with van der Waals surface area (Å²) in [7, 11) is 0. The molecule has 1 aliphatic rings. The molecule has 1 saturated heterocycles. The molecule has 0 radical (unpaired) electrons. The van der Waals surface area contributed by atoms with E-state index in [1.54, 1.807) is 12.1 Å². The number of benzene rings is 1. The SMILES string of the molecule is CCC1CN(Cc2ccc(OC(F)(F)F)cc2)CCC1N. The number of likely N-dealkylation sites (tertiary alicyclic amines) is 1. The summed E-state index contributed by atoms with van der Waals surface area (Å²) in [6, 6.07) is 6.33. The van der Waals surface area contributed by atoms with Gasteiger partial charge in [0.1, 0.15) is 5.75 Å². The lowest BCUT2D eigenvalue weighted by Gasteiger charge is -2.36. The molecular formula is C15H21F3N2O. The normalized spacial score (nSPS) is 24.0. The van der Waals surface area contributed by atoms with Crippen molar-refractivity contribution in [3.8, 4) is 5.75 Å². The third-order valence-corrected chi connectivity index (χ3v) is 3.96. The zero-order valence-corrected chi connectivity index (χ0v) is 12.1. The van der Waals surface area contributed by atoms with Crippen LogP contribution >= 0.6 is 0 Å². The van der Waals surface area contributed by atoms with Crippen molar-refractivity contribution in [2.24, 2.45) is 11.7 Å². The van der Waals surface area contributed by atoms with E-state index in [4.69, 9.17) is 5.73 Å². The molecule has 0 saturated carbocycles. The van der Waals surface area contributed by atoms with E-state index in [1.165, 1.54) is 12.1 Å². The van der Waals surface area contributed by atoms with Crippen molar-refractivity contribution < 1.29 is 17.9 Å². The van der Waals surface area contributed by atoms with Gasteiger partial charge in [-0.1, -0.05) is 25.5 Å². The van der Waals surface area contributed by atoms with Crippen molar-refractivity contribution in [3.05, 3.63) is 29.8 Å². The van der Waals surface area contributed by atoms with Crippen LogP contribution < -0.4 is 10.5 Å². The smallest absolute Gasteiger partial charge is 0.406 e. The van der Waals surface area contributed by atoms with Gasteiger partial charge in [0.25, 0.3) is 0 Å². The second-order valence-electron chi connectivity index (χ2n) is 5.55. The summed E-state index contributed by atoms with van der Waals surface area (Å²) in [5.74, 6) is 0.310. The molecule has 0 spiro atoms. The highest BCUT2D eigenvalue weighted by molar-refractivity contribution is 5.27. The predicted octanol–water partition coefficient (Wildman–Crippen LogP) is 3.14. The van der Waals surface area contributed by atoms with Crippen LogP contribution in [0, 0.1) is 5.92 Å². The average molecular weight is 302 g/mol. The zero-order chi connectivity index (χ0) is 15.5. The molecule has 0 bridgehead atoms. The summed E-state index contributed by atoms with van der Waals surface area (Å²) < 4.78 is 40.1. The molecule has 2 N–H and O–H groups in total. The Balaban J connectivity index is 1.91. The van der Waals surface area contributed by atoms with Gasteiger partial charge in [-0.25, -0.2) is 0 Å². The number of alkyl halides is 3. The summed E-state index contributed by atoms with van der Waals surface area (Å²) in [6.45, 7) is 4.74. The minimum absolute atomic E-state index is 0.182. The molecule has 1 fully saturated rings. The number of ether oxygens (including phenoxy) is 1. The molecular weight excluding hydrogens is 281 g/mol. The molecule has 6 heteroatoms. The first-order valence-electron chi connectivity index (χ1n) is 7.20. The van der Waals surface area contributed by atoms with E-state index in [9.17, 15) is 13.2 Å². The first kappa shape index (κ1) is 16.1. The van der Waals surface area contributed by atoms with E-state index >= 15 is 0 Å². The Kier molecular flexibility index (Phi) is 5.11. The maximum atomic E-state index is 12.1. The molecule has 118 valence electrons. The van der Waals surface area contributed by atoms with E-state index < -0.39 is 6.36 Å². The van der Waals surface area contributed by atoms with Crippen molar-refractivity contribution in [3.63, 3.8) is 0 Å². The Morgan fingerprint density at radius 2 is 1.95 bits per heavy atom. The van der Waals surface area contributed by atoms with Gasteiger partial charge in [-0.2, -0.15) is 0 Å². The molecule has 0 aromatic heterocycles. The van der Waals surface area contributed by atoms with Gasteiger partial charge in [0.05, 0.1) is 0 Å². The Bertz CT molecular complexity index is 447. The lowest BCUT2D eigenvalue weighted by Crippen LogP contribution is -2.46. The van der Waals surface area contributed by atoms with E-state index in [1.807, 2.05) is 0 Å². The van der Waals surface area contributed by atoms with Crippen LogP contribution in [0.2, 0.25) is 0 Å². The summed E-state index contributed by atoms with van der Waals surface area (Å²) in [4.78, 5) is 2.30. The molecule has 1 aliphatic heterocycles. The molecule has 2 rings (SSSR count). The summed E-state index contributed by atoms with van der Waals surface area (Å²) in [6.07, 6.45) is -2.62. The van der Waals surface area contributed by atoms with Gasteiger partial charge in [0, 0.05) is 19.1 Å². The van der Waals surface area contributed by atoms with Gasteiger partial charge in [-0.15, -0.1) is 13.2 Å². The second-order valence-corrected chi connectivity index (χ2v) is 5.55. The Morgan fingerprint density at radius 1 is 1.29 bits per heavy atom. The fourth-order valence-corrected chi connectivity index (χ4v) is 2.76. The topological polar surface area (TPSA) is 38.5 Å². The fourth-order valence-electron chi connectivity index (χ4n) is 2.76. The summed E-state index contributed by atoms with van der Waals surface area (Å²) >= 11 is 0. The average Bonchev–Trinajstić information content (AvgIpc) is 2.41. The number of hydrogen-bond donors (Lipinski definition) is 1. The molecule has 1 aromatic carbocycles. The quantitative estimate of drug-likeness (QED) is 0.928. The molecule has 21 heavy (non-hydrogen) atoms. The minimum atomic E-state index is -4.64. The lowest BCUT2D eigenvalue weighted by molar-refractivity contribution is -0.274. The van der Waals surface area contributed by atoms with E-state index in [2.05, 4.69) is 16.6 Å². The third kappa shape index (κ3) is 4.89. The van der Waals surface area contributed by atoms with Crippen molar-refractivity contribution in [1.29, 1.82) is 0 Å². The molecule has 2 unspecified atom stereocenters. The number of halogens is 3. The first-order chi connectivity index (χ1) is 9.87. The molecule has 1 aromatic rings. The number of rotatable bonds is 4. The molecule has 1 heterocycles. The minimum Gasteiger partial charge on any atom is -0.406 e. The Hall–Kier alpha value is -1.27. The van der Waals surface area contributed by atoms with Crippen LogP contribution in [0.25, 0.3) is 0 Å². The van der Waals surface area contributed by atoms with Gasteiger partial charge >= 0.3 is 6.36 Å². The number of nitrogens with zero attached hydrogens (tertiary/aromatic N) is 1. The van der Waals surface area contributed by atoms with Crippen molar-refractivity contribution in [1.82, 2.24) is 4.90 Å². The predicted molar refractivity (Wildman–Crippen MR) is 74.8 cm³/mol. The van der Waals surface area contributed by atoms with Gasteiger partial charge < -0.3 is 10.5 Å². The monoisotopic (exact) mass is 302 g/mol. The van der Waals surface area contributed by atoms with Crippen molar-refractivity contribution >= 4 is 0 Å². The van der Waals surface area contributed by atoms with Crippen molar-refractivity contribution in [2.45, 2.75) is 38.7 Å². The van der Waals surface area contributed by atoms with Crippen LogP contribution in [0.15, 0.2) is 24.3 Å². The molecule has 2 atom stereocenters. The summed E-state index contributed by atoms with van der Waals surface area (Å²) in [5, 5.41) is 0. The second kappa shape index (κ2) is 6.66. The maximum absolute atomic E-state index is 12.1. The van der Waals surface area contributed by atoms with E-state index in [0.717, 1.165) is 38.0 Å². The Labute approximate surface area is 122 Å². The van der Waals surface area contributed by atoms with Crippen LogP contribution in [0.1, 0.15) is 25.3 Å². The Morgan fingerprint density at radius 3 is 2.52 bits per heavy atom. The fraction of sp³-hybridized carbons (Fsp3) is 0.600. The first-order valence-corrected chi connectivity index (χ1v) is 7.20. The van der Waals surface area contributed by atoms with Crippen LogP contribution in [0.3, 0.4) is 0 Å². The third-order valence-electron chi connectivity index (χ3n) is 3.96. The standard InChI is InChI=1S/C15H21F3N2O/c1-2-12-10-20(8-7-14(12)19)9-11-3-5-13(6-4-11)21-15(16,17)18/h3-6,12,14H,2,7-10,19H2,1H3. The molecule has 0 aliphatic carbocycles. The lowest BCUT2D eigenvalue weighted by atomic mass is 9.90. The highest BCUT2D eigenvalue weighted by Crippen LogP contribution is 2.24. The van der Waals surface area contributed by atoms with Gasteiger partial charge in [0.15, 0.2) is 0 Å². The van der Waals surface area contributed by atoms with Gasteiger partial charge in [-0.05, 0) is 36.6 Å². The van der Waals surface area contributed by atoms with Gasteiger partial charge in [0.2, 0.25) is 0 Å². The molecule has 3 nitrogen and oxygen atoms in total. The number of nitrogens with two attached hydrogens (primary N) is 1. The van der Waals surface area contributed by atoms with Gasteiger partial charge in [-0.3, -0.25) is 4.90 Å². The van der Waals surface area contributed by atoms with Crippen LogP contribution in [-0.2, 0) is 6.54 Å². The van der Waals surface area contributed by atoms with Crippen LogP contribution in [0.4, 0.5) is 13.2 Å². The number of piperidine rings is 1. The summed E-state index contributed by atoms with van der Waals surface area (Å²) in [5.41, 5.74) is 7.06. The van der Waals surface area contributed by atoms with Crippen LogP contribution in [0.5, 0.6) is 5.75 Å². The van der Waals surface area contributed by atoms with E-state index in [0.29, 0.717) is 5.92 Å². The van der Waals surface area contributed by atoms with E-state index in [-0.39, 0.29) is 11.8 Å².